The summed E-state index contributed by atoms with van der Waals surface area (Å²) in [5.41, 5.74) is 7.14. The van der Waals surface area contributed by atoms with E-state index in [1.807, 2.05) is 18.2 Å². The SMILES string of the molecule is Cl.NC1(c2ccc(Cl)cc2Br)CC1. The average molecular weight is 283 g/mol. The van der Waals surface area contributed by atoms with Gasteiger partial charge in [-0.1, -0.05) is 33.6 Å². The van der Waals surface area contributed by atoms with Crippen molar-refractivity contribution in [2.45, 2.75) is 18.4 Å². The summed E-state index contributed by atoms with van der Waals surface area (Å²) in [5.74, 6) is 0. The minimum atomic E-state index is -0.0799. The molecule has 0 unspecified atom stereocenters. The summed E-state index contributed by atoms with van der Waals surface area (Å²) in [7, 11) is 0. The standard InChI is InChI=1S/C9H9BrClN.ClH/c10-8-5-6(11)1-2-7(8)9(12)3-4-9;/h1-2,5H,3-4,12H2;1H. The van der Waals surface area contributed by atoms with Crippen molar-refractivity contribution in [3.05, 3.63) is 33.3 Å². The summed E-state index contributed by atoms with van der Waals surface area (Å²) in [6.45, 7) is 0. The molecule has 2 N–H and O–H groups in total. The Labute approximate surface area is 97.2 Å². The van der Waals surface area contributed by atoms with Crippen molar-refractivity contribution in [2.75, 3.05) is 0 Å². The van der Waals surface area contributed by atoms with Crippen LogP contribution in [0.4, 0.5) is 0 Å². The molecule has 0 amide bonds. The minimum absolute atomic E-state index is 0. The Hall–Kier alpha value is 0.240. The van der Waals surface area contributed by atoms with Crippen molar-refractivity contribution in [2.24, 2.45) is 5.73 Å². The molecule has 0 bridgehead atoms. The molecule has 4 heteroatoms. The molecule has 0 heterocycles. The van der Waals surface area contributed by atoms with Gasteiger partial charge in [0, 0.05) is 15.0 Å². The van der Waals surface area contributed by atoms with Crippen LogP contribution in [0.15, 0.2) is 22.7 Å². The van der Waals surface area contributed by atoms with Crippen LogP contribution in [0.5, 0.6) is 0 Å². The lowest BCUT2D eigenvalue weighted by Crippen LogP contribution is -2.19. The molecule has 0 aromatic heterocycles. The van der Waals surface area contributed by atoms with Gasteiger partial charge in [0.1, 0.15) is 0 Å². The molecule has 1 saturated carbocycles. The Kier molecular flexibility index (Phi) is 3.29. The van der Waals surface area contributed by atoms with E-state index in [1.165, 1.54) is 5.56 Å². The summed E-state index contributed by atoms with van der Waals surface area (Å²) < 4.78 is 1.02. The lowest BCUT2D eigenvalue weighted by Gasteiger charge is -2.11. The topological polar surface area (TPSA) is 26.0 Å². The van der Waals surface area contributed by atoms with Crippen molar-refractivity contribution in [1.82, 2.24) is 0 Å². The van der Waals surface area contributed by atoms with Crippen molar-refractivity contribution >= 4 is 39.9 Å². The molecule has 72 valence electrons. The molecule has 13 heavy (non-hydrogen) atoms. The van der Waals surface area contributed by atoms with Crippen molar-refractivity contribution in [3.63, 3.8) is 0 Å². The molecule has 1 fully saturated rings. The molecule has 0 aliphatic heterocycles. The summed E-state index contributed by atoms with van der Waals surface area (Å²) >= 11 is 9.28. The first-order valence-electron chi connectivity index (χ1n) is 3.86. The van der Waals surface area contributed by atoms with E-state index in [4.69, 9.17) is 17.3 Å². The third kappa shape index (κ3) is 2.18. The van der Waals surface area contributed by atoms with Gasteiger partial charge in [-0.25, -0.2) is 0 Å². The molecule has 0 radical (unpaired) electrons. The van der Waals surface area contributed by atoms with Gasteiger partial charge in [0.2, 0.25) is 0 Å². The van der Waals surface area contributed by atoms with Crippen molar-refractivity contribution < 1.29 is 0 Å². The molecular formula is C9H10BrCl2N. The van der Waals surface area contributed by atoms with E-state index in [1.54, 1.807) is 0 Å². The van der Waals surface area contributed by atoms with Crippen molar-refractivity contribution in [1.29, 1.82) is 0 Å². The molecular weight excluding hydrogens is 273 g/mol. The number of rotatable bonds is 1. The Balaban J connectivity index is 0.000000845. The van der Waals surface area contributed by atoms with E-state index in [0.29, 0.717) is 0 Å². The van der Waals surface area contributed by atoms with Gasteiger partial charge in [0.05, 0.1) is 0 Å². The smallest absolute Gasteiger partial charge is 0.0422 e. The lowest BCUT2D eigenvalue weighted by atomic mass is 10.1. The van der Waals surface area contributed by atoms with E-state index in [9.17, 15) is 0 Å². The van der Waals surface area contributed by atoms with Crippen molar-refractivity contribution in [3.8, 4) is 0 Å². The number of halogens is 3. The van der Waals surface area contributed by atoms with Crippen LogP contribution in [-0.4, -0.2) is 0 Å². The van der Waals surface area contributed by atoms with Gasteiger partial charge >= 0.3 is 0 Å². The quantitative estimate of drug-likeness (QED) is 0.839. The third-order valence-corrected chi connectivity index (χ3v) is 3.15. The summed E-state index contributed by atoms with van der Waals surface area (Å²) in [6.07, 6.45) is 2.15. The Bertz CT molecular complexity index is 323. The number of hydrogen-bond acceptors (Lipinski definition) is 1. The second-order valence-electron chi connectivity index (χ2n) is 3.28. The highest BCUT2D eigenvalue weighted by Crippen LogP contribution is 2.45. The normalized spacial score (nSPS) is 17.8. The highest BCUT2D eigenvalue weighted by molar-refractivity contribution is 9.10. The largest absolute Gasteiger partial charge is 0.321 e. The highest BCUT2D eigenvalue weighted by Gasteiger charge is 2.41. The van der Waals surface area contributed by atoms with Crippen LogP contribution in [0.25, 0.3) is 0 Å². The molecule has 1 nitrogen and oxygen atoms in total. The monoisotopic (exact) mass is 281 g/mol. The lowest BCUT2D eigenvalue weighted by molar-refractivity contribution is 0.736. The molecule has 1 aromatic carbocycles. The Morgan fingerprint density at radius 1 is 1.38 bits per heavy atom. The maximum atomic E-state index is 6.05. The molecule has 0 spiro atoms. The average Bonchev–Trinajstić information content (AvgIpc) is 2.68. The van der Waals surface area contributed by atoms with Crippen LogP contribution >= 0.6 is 39.9 Å². The zero-order valence-electron chi connectivity index (χ0n) is 6.89. The number of hydrogen-bond donors (Lipinski definition) is 1. The first-order chi connectivity index (χ1) is 5.62. The van der Waals surface area contributed by atoms with Gasteiger partial charge in [-0.05, 0) is 30.5 Å². The Morgan fingerprint density at radius 2 is 2.00 bits per heavy atom. The fourth-order valence-corrected chi connectivity index (χ4v) is 2.37. The van der Waals surface area contributed by atoms with Gasteiger partial charge in [-0.15, -0.1) is 12.4 Å². The van der Waals surface area contributed by atoms with Gasteiger partial charge in [0.25, 0.3) is 0 Å². The van der Waals surface area contributed by atoms with Crippen LogP contribution < -0.4 is 5.73 Å². The number of benzene rings is 1. The molecule has 1 aromatic rings. The van der Waals surface area contributed by atoms with Crippen LogP contribution in [0.2, 0.25) is 5.02 Å². The van der Waals surface area contributed by atoms with Crippen LogP contribution in [0.1, 0.15) is 18.4 Å². The minimum Gasteiger partial charge on any atom is -0.321 e. The van der Waals surface area contributed by atoms with Crippen LogP contribution in [0.3, 0.4) is 0 Å². The summed E-state index contributed by atoms with van der Waals surface area (Å²) in [6, 6.07) is 5.78. The zero-order chi connectivity index (χ0) is 8.77. The first-order valence-corrected chi connectivity index (χ1v) is 5.03. The molecule has 2 rings (SSSR count). The van der Waals surface area contributed by atoms with E-state index < -0.39 is 0 Å². The van der Waals surface area contributed by atoms with Gasteiger partial charge < -0.3 is 5.73 Å². The zero-order valence-corrected chi connectivity index (χ0v) is 10.0. The van der Waals surface area contributed by atoms with Gasteiger partial charge in [-0.2, -0.15) is 0 Å². The predicted octanol–water partition coefficient (Wildman–Crippen LogP) is 3.47. The fourth-order valence-electron chi connectivity index (χ4n) is 1.30. The van der Waals surface area contributed by atoms with E-state index in [-0.39, 0.29) is 17.9 Å². The maximum absolute atomic E-state index is 6.05. The fraction of sp³-hybridized carbons (Fsp3) is 0.333. The van der Waals surface area contributed by atoms with E-state index >= 15 is 0 Å². The maximum Gasteiger partial charge on any atom is 0.0422 e. The third-order valence-electron chi connectivity index (χ3n) is 2.26. The van der Waals surface area contributed by atoms with Gasteiger partial charge in [0.15, 0.2) is 0 Å². The molecule has 1 aliphatic carbocycles. The Morgan fingerprint density at radius 3 is 2.46 bits per heavy atom. The highest BCUT2D eigenvalue weighted by atomic mass is 79.9. The van der Waals surface area contributed by atoms with Gasteiger partial charge in [-0.3, -0.25) is 0 Å². The molecule has 1 aliphatic rings. The summed E-state index contributed by atoms with van der Waals surface area (Å²) in [4.78, 5) is 0. The van der Waals surface area contributed by atoms with Crippen LogP contribution in [0, 0.1) is 0 Å². The second-order valence-corrected chi connectivity index (χ2v) is 4.57. The second kappa shape index (κ2) is 3.77. The predicted molar refractivity (Wildman–Crippen MR) is 61.5 cm³/mol. The van der Waals surface area contributed by atoms with Crippen LogP contribution in [-0.2, 0) is 5.54 Å². The molecule has 0 saturated heterocycles. The van der Waals surface area contributed by atoms with E-state index in [2.05, 4.69) is 15.9 Å². The first kappa shape index (κ1) is 11.3. The van der Waals surface area contributed by atoms with E-state index in [0.717, 1.165) is 22.3 Å². The number of nitrogens with two attached hydrogens (primary N) is 1. The molecule has 0 atom stereocenters. The summed E-state index contributed by atoms with van der Waals surface area (Å²) in [5, 5.41) is 0.745.